The van der Waals surface area contributed by atoms with Crippen LogP contribution in [-0.4, -0.2) is 14.8 Å². The molecule has 2 aliphatic rings. The number of ether oxygens (including phenoxy) is 1. The number of hydrogen-bond donors (Lipinski definition) is 1. The van der Waals surface area contributed by atoms with E-state index in [1.54, 1.807) is 0 Å². The van der Waals surface area contributed by atoms with Crippen LogP contribution in [0.15, 0.2) is 18.2 Å². The van der Waals surface area contributed by atoms with Crippen molar-refractivity contribution in [3.63, 3.8) is 0 Å². The van der Waals surface area contributed by atoms with Crippen molar-refractivity contribution >= 4 is 12.2 Å². The van der Waals surface area contributed by atoms with Crippen LogP contribution in [-0.2, 0) is 18.0 Å². The first kappa shape index (κ1) is 10.5. The molecular formula is C13H13N3OS. The predicted molar refractivity (Wildman–Crippen MR) is 69.6 cm³/mol. The molecule has 1 saturated carbocycles. The Bertz CT molecular complexity index is 669. The van der Waals surface area contributed by atoms with Crippen LogP contribution in [0.25, 0.3) is 11.4 Å². The molecule has 4 nitrogen and oxygen atoms in total. The van der Waals surface area contributed by atoms with E-state index in [1.165, 1.54) is 24.0 Å². The minimum atomic E-state index is 0.538. The van der Waals surface area contributed by atoms with E-state index in [1.807, 2.05) is 0 Å². The largest absolute Gasteiger partial charge is 0.372 e. The molecule has 0 saturated heterocycles. The monoisotopic (exact) mass is 259 g/mol. The van der Waals surface area contributed by atoms with Gasteiger partial charge in [-0.1, -0.05) is 12.1 Å². The highest BCUT2D eigenvalue weighted by Crippen LogP contribution is 2.38. The summed E-state index contributed by atoms with van der Waals surface area (Å²) in [4.78, 5) is 0. The minimum Gasteiger partial charge on any atom is -0.372 e. The summed E-state index contributed by atoms with van der Waals surface area (Å²) >= 11 is 5.31. The molecule has 18 heavy (non-hydrogen) atoms. The first-order valence-electron chi connectivity index (χ1n) is 6.20. The van der Waals surface area contributed by atoms with Gasteiger partial charge in [0.05, 0.1) is 13.2 Å². The minimum absolute atomic E-state index is 0.538. The van der Waals surface area contributed by atoms with E-state index in [0.29, 0.717) is 12.6 Å². The molecule has 5 heteroatoms. The van der Waals surface area contributed by atoms with Crippen LogP contribution in [0.1, 0.15) is 30.0 Å². The third-order valence-electron chi connectivity index (χ3n) is 3.60. The van der Waals surface area contributed by atoms with Gasteiger partial charge in [0.25, 0.3) is 0 Å². The topological polar surface area (TPSA) is 42.8 Å². The van der Waals surface area contributed by atoms with Crippen molar-refractivity contribution < 1.29 is 4.74 Å². The molecule has 0 unspecified atom stereocenters. The van der Waals surface area contributed by atoms with Gasteiger partial charge in [0.1, 0.15) is 0 Å². The molecule has 1 aliphatic heterocycles. The molecule has 0 amide bonds. The number of rotatable bonds is 2. The fourth-order valence-corrected chi connectivity index (χ4v) is 2.77. The van der Waals surface area contributed by atoms with Crippen LogP contribution in [0.3, 0.4) is 0 Å². The number of fused-ring (bicyclic) bond motifs is 1. The number of aromatic nitrogens is 3. The van der Waals surface area contributed by atoms with Crippen LogP contribution in [0.5, 0.6) is 0 Å². The standard InChI is InChI=1S/C13H13N3OS/c18-13-15-14-12(16(13)11-3-4-11)8-1-2-9-6-17-7-10(9)5-8/h1-2,5,11H,3-4,6-7H2,(H,15,18). The van der Waals surface area contributed by atoms with Gasteiger partial charge in [0, 0.05) is 11.6 Å². The lowest BCUT2D eigenvalue weighted by molar-refractivity contribution is 0.134. The fraction of sp³-hybridized carbons (Fsp3) is 0.385. The average molecular weight is 259 g/mol. The van der Waals surface area contributed by atoms with Crippen LogP contribution in [0.2, 0.25) is 0 Å². The summed E-state index contributed by atoms with van der Waals surface area (Å²) in [7, 11) is 0. The molecule has 1 aliphatic carbocycles. The van der Waals surface area contributed by atoms with Crippen molar-refractivity contribution in [3.05, 3.63) is 34.1 Å². The van der Waals surface area contributed by atoms with Crippen LogP contribution >= 0.6 is 12.2 Å². The van der Waals surface area contributed by atoms with Crippen molar-refractivity contribution in [1.82, 2.24) is 14.8 Å². The third-order valence-corrected chi connectivity index (χ3v) is 3.88. The van der Waals surface area contributed by atoms with Crippen molar-refractivity contribution in [3.8, 4) is 11.4 Å². The number of hydrogen-bond acceptors (Lipinski definition) is 3. The molecule has 0 bridgehead atoms. The van der Waals surface area contributed by atoms with Crippen LogP contribution < -0.4 is 0 Å². The molecule has 92 valence electrons. The van der Waals surface area contributed by atoms with Crippen molar-refractivity contribution in [1.29, 1.82) is 0 Å². The molecule has 1 aromatic carbocycles. The lowest BCUT2D eigenvalue weighted by atomic mass is 10.1. The average Bonchev–Trinajstić information content (AvgIpc) is 2.98. The lowest BCUT2D eigenvalue weighted by Crippen LogP contribution is -1.98. The Balaban J connectivity index is 1.85. The molecule has 1 N–H and O–H groups in total. The second-order valence-electron chi connectivity index (χ2n) is 4.93. The highest BCUT2D eigenvalue weighted by Gasteiger charge is 2.28. The number of nitrogens with zero attached hydrogens (tertiary/aromatic N) is 2. The van der Waals surface area contributed by atoms with Gasteiger partial charge < -0.3 is 4.74 Å². The predicted octanol–water partition coefficient (Wildman–Crippen LogP) is 2.97. The van der Waals surface area contributed by atoms with Gasteiger partial charge in [-0.15, -0.1) is 0 Å². The van der Waals surface area contributed by atoms with Gasteiger partial charge >= 0.3 is 0 Å². The molecule has 0 atom stereocenters. The second kappa shape index (κ2) is 3.76. The van der Waals surface area contributed by atoms with Crippen molar-refractivity contribution in [2.45, 2.75) is 32.1 Å². The highest BCUT2D eigenvalue weighted by molar-refractivity contribution is 7.71. The van der Waals surface area contributed by atoms with E-state index >= 15 is 0 Å². The molecule has 2 heterocycles. The molecular weight excluding hydrogens is 246 g/mol. The van der Waals surface area contributed by atoms with Gasteiger partial charge in [-0.3, -0.25) is 9.67 Å². The third kappa shape index (κ3) is 1.54. The Morgan fingerprint density at radius 2 is 2.11 bits per heavy atom. The first-order valence-corrected chi connectivity index (χ1v) is 6.60. The maximum atomic E-state index is 5.45. The number of H-pyrrole nitrogens is 1. The summed E-state index contributed by atoms with van der Waals surface area (Å²) in [5, 5.41) is 7.29. The lowest BCUT2D eigenvalue weighted by Gasteiger charge is -2.06. The van der Waals surface area contributed by atoms with Gasteiger partial charge in [-0.05, 0) is 42.3 Å². The van der Waals surface area contributed by atoms with E-state index < -0.39 is 0 Å². The van der Waals surface area contributed by atoms with Gasteiger partial charge in [0.15, 0.2) is 10.6 Å². The van der Waals surface area contributed by atoms with E-state index in [-0.39, 0.29) is 0 Å². The molecule has 2 aromatic rings. The molecule has 1 aromatic heterocycles. The zero-order valence-electron chi connectivity index (χ0n) is 9.85. The molecule has 4 rings (SSSR count). The summed E-state index contributed by atoms with van der Waals surface area (Å²) in [6.45, 7) is 1.43. The summed E-state index contributed by atoms with van der Waals surface area (Å²) in [5.41, 5.74) is 3.67. The van der Waals surface area contributed by atoms with E-state index in [0.717, 1.165) is 22.8 Å². The normalized spacial score (nSPS) is 18.0. The highest BCUT2D eigenvalue weighted by atomic mass is 32.1. The Kier molecular flexibility index (Phi) is 2.19. The number of nitrogens with one attached hydrogen (secondary N) is 1. The summed E-state index contributed by atoms with van der Waals surface area (Å²) in [6, 6.07) is 6.95. The van der Waals surface area contributed by atoms with Gasteiger partial charge in [0.2, 0.25) is 0 Å². The first-order chi connectivity index (χ1) is 8.83. The van der Waals surface area contributed by atoms with E-state index in [2.05, 4.69) is 33.0 Å². The SMILES string of the molecule is S=c1[nH]nc(-c2ccc3c(c2)COC3)n1C1CC1. The van der Waals surface area contributed by atoms with E-state index in [9.17, 15) is 0 Å². The van der Waals surface area contributed by atoms with Crippen LogP contribution in [0, 0.1) is 4.77 Å². The Morgan fingerprint density at radius 3 is 2.94 bits per heavy atom. The molecule has 1 fully saturated rings. The summed E-state index contributed by atoms with van der Waals surface area (Å²) in [6.07, 6.45) is 2.41. The molecule has 0 radical (unpaired) electrons. The number of benzene rings is 1. The Hall–Kier alpha value is -1.46. The Morgan fingerprint density at radius 1 is 1.28 bits per heavy atom. The van der Waals surface area contributed by atoms with Gasteiger partial charge in [-0.25, -0.2) is 0 Å². The van der Waals surface area contributed by atoms with Gasteiger partial charge in [-0.2, -0.15) is 5.10 Å². The fourth-order valence-electron chi connectivity index (χ4n) is 2.49. The zero-order valence-corrected chi connectivity index (χ0v) is 10.7. The summed E-state index contributed by atoms with van der Waals surface area (Å²) in [5.74, 6) is 0.956. The van der Waals surface area contributed by atoms with Crippen molar-refractivity contribution in [2.75, 3.05) is 0 Å². The smallest absolute Gasteiger partial charge is 0.195 e. The Labute approximate surface area is 110 Å². The maximum absolute atomic E-state index is 5.45. The zero-order chi connectivity index (χ0) is 12.1. The quantitative estimate of drug-likeness (QED) is 0.843. The summed E-state index contributed by atoms with van der Waals surface area (Å²) < 4.78 is 8.32. The second-order valence-corrected chi connectivity index (χ2v) is 5.32. The van der Waals surface area contributed by atoms with E-state index in [4.69, 9.17) is 17.0 Å². The number of aromatic amines is 1. The maximum Gasteiger partial charge on any atom is 0.195 e. The van der Waals surface area contributed by atoms with Crippen molar-refractivity contribution in [2.24, 2.45) is 0 Å². The van der Waals surface area contributed by atoms with Crippen LogP contribution in [0.4, 0.5) is 0 Å². The molecule has 0 spiro atoms.